The Kier molecular flexibility index (Phi) is 1.37. The van der Waals surface area contributed by atoms with Gasteiger partial charge in [-0.15, -0.1) is 0 Å². The molecule has 1 heteroatoms. The Morgan fingerprint density at radius 3 is 2.62 bits per heavy atom. The first-order chi connectivity index (χ1) is 6.27. The predicted molar refractivity (Wildman–Crippen MR) is 52.0 cm³/mol. The molecule has 1 nitrogen and oxygen atoms in total. The molecule has 0 aliphatic heterocycles. The van der Waals surface area contributed by atoms with Gasteiger partial charge in [-0.3, -0.25) is 0 Å². The predicted octanol–water partition coefficient (Wildman–Crippen LogP) is 1.91. The number of hydrogen-bond acceptors (Lipinski definition) is 1. The SMILES string of the molecule is C[C@H](O)C1=C[C@@H]2C=C[C@@H]3C=C[C@@H]1[C@@H]32. The summed E-state index contributed by atoms with van der Waals surface area (Å²) in [5.41, 5.74) is 1.23. The lowest BCUT2D eigenvalue weighted by Crippen LogP contribution is -2.16. The van der Waals surface area contributed by atoms with Crippen LogP contribution in [-0.2, 0) is 0 Å². The number of rotatable bonds is 1. The second-order valence-corrected chi connectivity index (χ2v) is 4.37. The van der Waals surface area contributed by atoms with Crippen LogP contribution >= 0.6 is 0 Å². The van der Waals surface area contributed by atoms with E-state index in [1.54, 1.807) is 0 Å². The molecule has 0 saturated heterocycles. The van der Waals surface area contributed by atoms with Crippen LogP contribution in [-0.4, -0.2) is 11.2 Å². The Labute approximate surface area is 78.5 Å². The molecule has 0 aromatic carbocycles. The van der Waals surface area contributed by atoms with Crippen LogP contribution in [0.2, 0.25) is 0 Å². The molecule has 0 heterocycles. The summed E-state index contributed by atoms with van der Waals surface area (Å²) in [6.07, 6.45) is 11.2. The average Bonchev–Trinajstić information content (AvgIpc) is 2.72. The van der Waals surface area contributed by atoms with Crippen LogP contribution in [0.1, 0.15) is 6.92 Å². The molecule has 3 rings (SSSR count). The van der Waals surface area contributed by atoms with Gasteiger partial charge in [0, 0.05) is 5.92 Å². The fourth-order valence-corrected chi connectivity index (χ4v) is 3.07. The van der Waals surface area contributed by atoms with Crippen molar-refractivity contribution in [3.63, 3.8) is 0 Å². The molecule has 0 aromatic heterocycles. The van der Waals surface area contributed by atoms with Gasteiger partial charge in [0.15, 0.2) is 0 Å². The molecule has 13 heavy (non-hydrogen) atoms. The van der Waals surface area contributed by atoms with Crippen LogP contribution in [0.4, 0.5) is 0 Å². The van der Waals surface area contributed by atoms with Crippen LogP contribution in [0.15, 0.2) is 36.0 Å². The van der Waals surface area contributed by atoms with E-state index in [-0.39, 0.29) is 6.10 Å². The van der Waals surface area contributed by atoms with Gasteiger partial charge in [-0.25, -0.2) is 0 Å². The number of hydrogen-bond donors (Lipinski definition) is 1. The minimum atomic E-state index is -0.271. The number of allylic oxidation sites excluding steroid dienone is 5. The first-order valence-electron chi connectivity index (χ1n) is 5.03. The summed E-state index contributed by atoms with van der Waals surface area (Å²) < 4.78 is 0. The van der Waals surface area contributed by atoms with Gasteiger partial charge in [-0.2, -0.15) is 0 Å². The molecule has 0 bridgehead atoms. The Hall–Kier alpha value is -0.820. The van der Waals surface area contributed by atoms with E-state index < -0.39 is 0 Å². The minimum Gasteiger partial charge on any atom is -0.389 e. The van der Waals surface area contributed by atoms with Crippen LogP contribution in [0.25, 0.3) is 0 Å². The molecule has 3 aliphatic carbocycles. The van der Waals surface area contributed by atoms with Crippen LogP contribution in [0.5, 0.6) is 0 Å². The summed E-state index contributed by atoms with van der Waals surface area (Å²) in [4.78, 5) is 0. The largest absolute Gasteiger partial charge is 0.389 e. The topological polar surface area (TPSA) is 20.2 Å². The molecule has 3 aliphatic rings. The highest BCUT2D eigenvalue weighted by Crippen LogP contribution is 2.51. The quantitative estimate of drug-likeness (QED) is 0.602. The molecule has 0 radical (unpaired) electrons. The normalized spacial score (nSPS) is 46.8. The number of aliphatic hydroxyl groups excluding tert-OH is 1. The zero-order valence-electron chi connectivity index (χ0n) is 7.72. The molecular weight excluding hydrogens is 160 g/mol. The Balaban J connectivity index is 2.02. The van der Waals surface area contributed by atoms with E-state index in [1.807, 2.05) is 6.92 Å². The third kappa shape index (κ3) is 0.856. The molecule has 0 fully saturated rings. The second-order valence-electron chi connectivity index (χ2n) is 4.37. The molecule has 5 atom stereocenters. The number of aliphatic hydroxyl groups is 1. The van der Waals surface area contributed by atoms with Crippen molar-refractivity contribution >= 4 is 0 Å². The summed E-state index contributed by atoms with van der Waals surface area (Å²) in [5, 5.41) is 9.60. The lowest BCUT2D eigenvalue weighted by atomic mass is 9.86. The molecular formula is C12H14O. The van der Waals surface area contributed by atoms with Gasteiger partial charge in [-0.05, 0) is 30.3 Å². The van der Waals surface area contributed by atoms with E-state index in [2.05, 4.69) is 30.4 Å². The molecule has 0 spiro atoms. The van der Waals surface area contributed by atoms with Crippen LogP contribution in [0, 0.1) is 23.7 Å². The third-order valence-electron chi connectivity index (χ3n) is 3.65. The fraction of sp³-hybridized carbons (Fsp3) is 0.500. The zero-order valence-corrected chi connectivity index (χ0v) is 7.72. The second kappa shape index (κ2) is 2.36. The molecule has 0 saturated carbocycles. The van der Waals surface area contributed by atoms with Gasteiger partial charge < -0.3 is 5.11 Å². The molecule has 68 valence electrons. The summed E-state index contributed by atoms with van der Waals surface area (Å²) in [7, 11) is 0. The van der Waals surface area contributed by atoms with E-state index in [4.69, 9.17) is 0 Å². The Morgan fingerprint density at radius 1 is 1.15 bits per heavy atom. The van der Waals surface area contributed by atoms with Crippen molar-refractivity contribution in [2.24, 2.45) is 23.7 Å². The van der Waals surface area contributed by atoms with E-state index in [9.17, 15) is 5.11 Å². The van der Waals surface area contributed by atoms with Gasteiger partial charge in [0.25, 0.3) is 0 Å². The molecule has 0 amide bonds. The van der Waals surface area contributed by atoms with Crippen molar-refractivity contribution in [3.8, 4) is 0 Å². The van der Waals surface area contributed by atoms with Gasteiger partial charge in [0.1, 0.15) is 0 Å². The third-order valence-corrected chi connectivity index (χ3v) is 3.65. The van der Waals surface area contributed by atoms with Crippen molar-refractivity contribution < 1.29 is 5.11 Å². The summed E-state index contributed by atoms with van der Waals surface area (Å²) >= 11 is 0. The van der Waals surface area contributed by atoms with Crippen molar-refractivity contribution in [2.75, 3.05) is 0 Å². The van der Waals surface area contributed by atoms with Gasteiger partial charge in [0.05, 0.1) is 6.10 Å². The molecule has 0 unspecified atom stereocenters. The van der Waals surface area contributed by atoms with Crippen LogP contribution < -0.4 is 0 Å². The first kappa shape index (κ1) is 7.57. The Bertz CT molecular complexity index is 322. The van der Waals surface area contributed by atoms with E-state index in [0.29, 0.717) is 23.7 Å². The maximum atomic E-state index is 9.60. The lowest BCUT2D eigenvalue weighted by molar-refractivity contribution is 0.217. The Morgan fingerprint density at radius 2 is 1.85 bits per heavy atom. The van der Waals surface area contributed by atoms with E-state index in [1.165, 1.54) is 5.57 Å². The lowest BCUT2D eigenvalue weighted by Gasteiger charge is -2.18. The fourth-order valence-electron chi connectivity index (χ4n) is 3.07. The molecule has 0 aromatic rings. The van der Waals surface area contributed by atoms with Crippen molar-refractivity contribution in [1.29, 1.82) is 0 Å². The summed E-state index contributed by atoms with van der Waals surface area (Å²) in [6, 6.07) is 0. The highest BCUT2D eigenvalue weighted by Gasteiger charge is 2.44. The van der Waals surface area contributed by atoms with Crippen molar-refractivity contribution in [3.05, 3.63) is 36.0 Å². The van der Waals surface area contributed by atoms with E-state index >= 15 is 0 Å². The maximum absolute atomic E-state index is 9.60. The van der Waals surface area contributed by atoms with Crippen LogP contribution in [0.3, 0.4) is 0 Å². The first-order valence-corrected chi connectivity index (χ1v) is 5.03. The van der Waals surface area contributed by atoms with Gasteiger partial charge in [-0.1, -0.05) is 30.4 Å². The zero-order chi connectivity index (χ0) is 9.00. The molecule has 1 N–H and O–H groups in total. The standard InChI is InChI=1S/C12H14O/c1-7(13)11-6-9-3-2-8-4-5-10(11)12(8)9/h2-10,12-13H,1H3/t7-,8+,9-,10-,12-/m0/s1. The maximum Gasteiger partial charge on any atom is 0.0728 e. The highest BCUT2D eigenvalue weighted by molar-refractivity contribution is 5.38. The smallest absolute Gasteiger partial charge is 0.0728 e. The summed E-state index contributed by atoms with van der Waals surface area (Å²) in [5.74, 6) is 2.46. The summed E-state index contributed by atoms with van der Waals surface area (Å²) in [6.45, 7) is 1.87. The monoisotopic (exact) mass is 174 g/mol. The van der Waals surface area contributed by atoms with Crippen molar-refractivity contribution in [2.45, 2.75) is 13.0 Å². The minimum absolute atomic E-state index is 0.271. The van der Waals surface area contributed by atoms with Crippen molar-refractivity contribution in [1.82, 2.24) is 0 Å². The van der Waals surface area contributed by atoms with Gasteiger partial charge >= 0.3 is 0 Å². The van der Waals surface area contributed by atoms with Gasteiger partial charge in [0.2, 0.25) is 0 Å². The van der Waals surface area contributed by atoms with E-state index in [0.717, 1.165) is 0 Å². The highest BCUT2D eigenvalue weighted by atomic mass is 16.3. The average molecular weight is 174 g/mol.